The predicted octanol–water partition coefficient (Wildman–Crippen LogP) is -0.0301. The second-order valence-electron chi connectivity index (χ2n) is 7.14. The minimum absolute atomic E-state index is 0.0147. The van der Waals surface area contributed by atoms with Gasteiger partial charge in [0, 0.05) is 45.3 Å². The van der Waals surface area contributed by atoms with Crippen LogP contribution in [-0.2, 0) is 11.8 Å². The molecule has 142 valence electrons. The number of likely N-dealkylation sites (tertiary alicyclic amines) is 1. The number of hydrogen-bond acceptors (Lipinski definition) is 5. The maximum absolute atomic E-state index is 13.1. The van der Waals surface area contributed by atoms with Crippen LogP contribution >= 0.6 is 0 Å². The van der Waals surface area contributed by atoms with E-state index in [1.165, 1.54) is 10.9 Å². The van der Waals surface area contributed by atoms with Crippen molar-refractivity contribution in [3.8, 4) is 0 Å². The van der Waals surface area contributed by atoms with E-state index in [2.05, 4.69) is 10.3 Å². The van der Waals surface area contributed by atoms with Gasteiger partial charge in [0.15, 0.2) is 0 Å². The maximum atomic E-state index is 13.1. The number of carbonyl (C=O) groups excluding carboxylic acids is 2. The first-order chi connectivity index (χ1) is 13.1. The highest BCUT2D eigenvalue weighted by Crippen LogP contribution is 2.18. The van der Waals surface area contributed by atoms with Crippen molar-refractivity contribution in [1.29, 1.82) is 0 Å². The van der Waals surface area contributed by atoms with E-state index in [1.54, 1.807) is 30.1 Å². The molecule has 0 unspecified atom stereocenters. The van der Waals surface area contributed by atoms with Crippen molar-refractivity contribution >= 4 is 22.7 Å². The fraction of sp³-hybridized carbons (Fsp3) is 0.474. The summed E-state index contributed by atoms with van der Waals surface area (Å²) in [5.74, 6) is -0.181. The van der Waals surface area contributed by atoms with E-state index in [1.807, 2.05) is 4.90 Å². The Kier molecular flexibility index (Phi) is 4.65. The quantitative estimate of drug-likeness (QED) is 0.803. The highest BCUT2D eigenvalue weighted by atomic mass is 16.2. The van der Waals surface area contributed by atoms with Gasteiger partial charge in [0.1, 0.15) is 6.04 Å². The van der Waals surface area contributed by atoms with E-state index in [0.717, 1.165) is 25.9 Å². The lowest BCUT2D eigenvalue weighted by Gasteiger charge is -2.37. The Bertz CT molecular complexity index is 948. The molecule has 0 bridgehead atoms. The molecule has 27 heavy (non-hydrogen) atoms. The van der Waals surface area contributed by atoms with Crippen molar-refractivity contribution in [3.63, 3.8) is 0 Å². The van der Waals surface area contributed by atoms with E-state index in [0.29, 0.717) is 36.1 Å². The molecule has 3 heterocycles. The number of hydrogen-bond donors (Lipinski definition) is 1. The third kappa shape index (κ3) is 3.21. The highest BCUT2D eigenvalue weighted by Gasteiger charge is 2.36. The van der Waals surface area contributed by atoms with Gasteiger partial charge in [-0.15, -0.1) is 0 Å². The molecule has 2 aliphatic heterocycles. The van der Waals surface area contributed by atoms with Crippen LogP contribution < -0.4 is 10.9 Å². The van der Waals surface area contributed by atoms with Gasteiger partial charge in [0.2, 0.25) is 5.91 Å². The molecule has 2 amide bonds. The number of nitrogens with one attached hydrogen (secondary N) is 1. The Morgan fingerprint density at radius 3 is 2.74 bits per heavy atom. The van der Waals surface area contributed by atoms with E-state index in [4.69, 9.17) is 0 Å². The minimum Gasteiger partial charge on any atom is -0.341 e. The molecule has 2 fully saturated rings. The molecular formula is C19H23N5O3. The number of benzene rings is 1. The van der Waals surface area contributed by atoms with Gasteiger partial charge >= 0.3 is 0 Å². The summed E-state index contributed by atoms with van der Waals surface area (Å²) in [5, 5.41) is 3.69. The molecule has 1 aromatic heterocycles. The summed E-state index contributed by atoms with van der Waals surface area (Å²) in [6, 6.07) is 4.43. The number of fused-ring (bicyclic) bond motifs is 1. The lowest BCUT2D eigenvalue weighted by Crippen LogP contribution is -2.59. The molecule has 2 aromatic rings. The van der Waals surface area contributed by atoms with Gasteiger partial charge < -0.3 is 19.7 Å². The normalized spacial score (nSPS) is 20.3. The smallest absolute Gasteiger partial charge is 0.260 e. The Hall–Kier alpha value is -2.74. The standard InChI is InChI=1S/C19H23N5O3/c1-22-12-21-15-10-13(4-5-14(15)18(22)26)17(25)24-9-6-20-11-16(24)19(27)23-7-2-3-8-23/h4-5,10,12,16,20H,2-3,6-9,11H2,1H3/t16-/m0/s1. The summed E-state index contributed by atoms with van der Waals surface area (Å²) in [6.07, 6.45) is 3.49. The molecule has 0 radical (unpaired) electrons. The Balaban J connectivity index is 1.63. The highest BCUT2D eigenvalue weighted by molar-refractivity contribution is 6.00. The van der Waals surface area contributed by atoms with Crippen molar-refractivity contribution in [2.24, 2.45) is 7.05 Å². The molecule has 1 N–H and O–H groups in total. The number of amides is 2. The molecule has 0 spiro atoms. The van der Waals surface area contributed by atoms with Crippen molar-refractivity contribution in [2.45, 2.75) is 18.9 Å². The van der Waals surface area contributed by atoms with Crippen LogP contribution in [0.1, 0.15) is 23.2 Å². The fourth-order valence-electron chi connectivity index (χ4n) is 3.83. The summed E-state index contributed by atoms with van der Waals surface area (Å²) in [7, 11) is 1.64. The molecule has 4 rings (SSSR count). The molecule has 2 aliphatic rings. The van der Waals surface area contributed by atoms with Crippen molar-refractivity contribution in [1.82, 2.24) is 24.7 Å². The molecular weight excluding hydrogens is 346 g/mol. The monoisotopic (exact) mass is 369 g/mol. The van der Waals surface area contributed by atoms with E-state index < -0.39 is 6.04 Å². The second kappa shape index (κ2) is 7.11. The van der Waals surface area contributed by atoms with E-state index in [9.17, 15) is 14.4 Å². The Labute approximate surface area is 156 Å². The summed E-state index contributed by atoms with van der Waals surface area (Å²) in [6.45, 7) is 3.13. The molecule has 0 aliphatic carbocycles. The zero-order chi connectivity index (χ0) is 19.0. The van der Waals surface area contributed by atoms with Gasteiger partial charge in [-0.3, -0.25) is 14.4 Å². The van der Waals surface area contributed by atoms with E-state index in [-0.39, 0.29) is 17.4 Å². The average Bonchev–Trinajstić information content (AvgIpc) is 3.24. The van der Waals surface area contributed by atoms with Gasteiger partial charge in [-0.2, -0.15) is 0 Å². The number of carbonyl (C=O) groups is 2. The Morgan fingerprint density at radius 1 is 1.19 bits per heavy atom. The van der Waals surface area contributed by atoms with Crippen molar-refractivity contribution in [2.75, 3.05) is 32.7 Å². The maximum Gasteiger partial charge on any atom is 0.260 e. The molecule has 0 saturated carbocycles. The minimum atomic E-state index is -0.489. The second-order valence-corrected chi connectivity index (χ2v) is 7.14. The molecule has 8 nitrogen and oxygen atoms in total. The number of rotatable bonds is 2. The van der Waals surface area contributed by atoms with Crippen LogP contribution in [0.3, 0.4) is 0 Å². The topological polar surface area (TPSA) is 87.5 Å². The largest absolute Gasteiger partial charge is 0.341 e. The summed E-state index contributed by atoms with van der Waals surface area (Å²) in [4.78, 5) is 45.9. The number of aryl methyl sites for hydroxylation is 1. The SMILES string of the molecule is Cn1cnc2cc(C(=O)N3CCNC[C@H]3C(=O)N3CCCC3)ccc2c1=O. The van der Waals surface area contributed by atoms with Crippen LogP contribution in [0.15, 0.2) is 29.3 Å². The third-order valence-corrected chi connectivity index (χ3v) is 5.37. The first kappa shape index (κ1) is 17.7. The van der Waals surface area contributed by atoms with Crippen LogP contribution in [0.5, 0.6) is 0 Å². The van der Waals surface area contributed by atoms with Gasteiger partial charge in [-0.05, 0) is 31.0 Å². The van der Waals surface area contributed by atoms with Gasteiger partial charge in [-0.25, -0.2) is 4.98 Å². The van der Waals surface area contributed by atoms with Crippen molar-refractivity contribution < 1.29 is 9.59 Å². The lowest BCUT2D eigenvalue weighted by molar-refractivity contribution is -0.135. The molecule has 1 atom stereocenters. The summed E-state index contributed by atoms with van der Waals surface area (Å²) < 4.78 is 1.41. The average molecular weight is 369 g/mol. The van der Waals surface area contributed by atoms with Crippen molar-refractivity contribution in [3.05, 3.63) is 40.4 Å². The van der Waals surface area contributed by atoms with Crippen LogP contribution in [0.2, 0.25) is 0 Å². The van der Waals surface area contributed by atoms with E-state index >= 15 is 0 Å². The summed E-state index contributed by atoms with van der Waals surface area (Å²) in [5.41, 5.74) is 0.786. The zero-order valence-electron chi connectivity index (χ0n) is 15.4. The predicted molar refractivity (Wildman–Crippen MR) is 100 cm³/mol. The fourth-order valence-corrected chi connectivity index (χ4v) is 3.83. The molecule has 8 heteroatoms. The summed E-state index contributed by atoms with van der Waals surface area (Å²) >= 11 is 0. The first-order valence-corrected chi connectivity index (χ1v) is 9.32. The van der Waals surface area contributed by atoms with Gasteiger partial charge in [0.25, 0.3) is 11.5 Å². The third-order valence-electron chi connectivity index (χ3n) is 5.37. The zero-order valence-corrected chi connectivity index (χ0v) is 15.4. The van der Waals surface area contributed by atoms with Crippen LogP contribution in [0, 0.1) is 0 Å². The number of nitrogens with zero attached hydrogens (tertiary/aromatic N) is 4. The Morgan fingerprint density at radius 2 is 1.96 bits per heavy atom. The molecule has 2 saturated heterocycles. The lowest BCUT2D eigenvalue weighted by atomic mass is 10.1. The van der Waals surface area contributed by atoms with Gasteiger partial charge in [-0.1, -0.05) is 0 Å². The van der Waals surface area contributed by atoms with Gasteiger partial charge in [0.05, 0.1) is 17.2 Å². The first-order valence-electron chi connectivity index (χ1n) is 9.32. The number of aromatic nitrogens is 2. The van der Waals surface area contributed by atoms with Crippen LogP contribution in [-0.4, -0.2) is 69.9 Å². The van der Waals surface area contributed by atoms with Crippen LogP contribution in [0.4, 0.5) is 0 Å². The number of piperazine rings is 1. The molecule has 1 aromatic carbocycles. The van der Waals surface area contributed by atoms with Crippen LogP contribution in [0.25, 0.3) is 10.9 Å².